The number of hydrogen-bond acceptors (Lipinski definition) is 6. The largest absolute Gasteiger partial charge is 0.491 e. The van der Waals surface area contributed by atoms with Gasteiger partial charge in [0.2, 0.25) is 5.78 Å². The molecule has 1 N–H and O–H groups in total. The van der Waals surface area contributed by atoms with Crippen LogP contribution in [0.2, 0.25) is 0 Å². The van der Waals surface area contributed by atoms with Crippen LogP contribution in [0.4, 0.5) is 8.78 Å². The second-order valence-corrected chi connectivity index (χ2v) is 5.33. The number of allylic oxidation sites excluding steroid dienone is 1. The summed E-state index contributed by atoms with van der Waals surface area (Å²) >= 11 is 0. The lowest BCUT2D eigenvalue weighted by Crippen LogP contribution is -2.20. The van der Waals surface area contributed by atoms with Gasteiger partial charge in [-0.1, -0.05) is 12.1 Å². The van der Waals surface area contributed by atoms with E-state index in [0.29, 0.717) is 0 Å². The number of para-hydroxylation sites is 1. The SMILES string of the molecule is COc1c(-c2ccccc2OC(F)F)[nH]nc(C(=O)C=CN(C)C)c1=O. The Morgan fingerprint density at radius 1 is 1.31 bits per heavy atom. The fraction of sp³-hybridized carbons (Fsp3) is 0.235. The van der Waals surface area contributed by atoms with E-state index in [1.165, 1.54) is 37.6 Å². The molecule has 0 saturated carbocycles. The number of methoxy groups -OCH3 is 1. The monoisotopic (exact) mass is 365 g/mol. The summed E-state index contributed by atoms with van der Waals surface area (Å²) in [5.74, 6) is -1.02. The molecule has 0 fully saturated rings. The minimum atomic E-state index is -3.04. The van der Waals surface area contributed by atoms with Gasteiger partial charge in [0.25, 0.3) is 5.43 Å². The number of aromatic amines is 1. The van der Waals surface area contributed by atoms with Gasteiger partial charge in [-0.3, -0.25) is 14.7 Å². The molecule has 26 heavy (non-hydrogen) atoms. The number of aromatic nitrogens is 2. The average molecular weight is 365 g/mol. The third kappa shape index (κ3) is 4.24. The lowest BCUT2D eigenvalue weighted by atomic mass is 10.1. The van der Waals surface area contributed by atoms with Crippen LogP contribution in [0.3, 0.4) is 0 Å². The van der Waals surface area contributed by atoms with E-state index >= 15 is 0 Å². The van der Waals surface area contributed by atoms with Gasteiger partial charge in [0.1, 0.15) is 11.4 Å². The van der Waals surface area contributed by atoms with Crippen molar-refractivity contribution in [2.24, 2.45) is 0 Å². The molecular formula is C17H17F2N3O4. The second kappa shape index (κ2) is 8.24. The molecule has 7 nitrogen and oxygen atoms in total. The minimum Gasteiger partial charge on any atom is -0.491 e. The Bertz CT molecular complexity index is 879. The maximum absolute atomic E-state index is 12.6. The smallest absolute Gasteiger partial charge is 0.387 e. The van der Waals surface area contributed by atoms with Gasteiger partial charge in [-0.05, 0) is 12.1 Å². The molecule has 0 amide bonds. The highest BCUT2D eigenvalue weighted by molar-refractivity contribution is 6.03. The molecule has 0 bridgehead atoms. The molecular weight excluding hydrogens is 348 g/mol. The van der Waals surface area contributed by atoms with Crippen molar-refractivity contribution < 1.29 is 23.0 Å². The van der Waals surface area contributed by atoms with Crippen molar-refractivity contribution >= 4 is 5.78 Å². The van der Waals surface area contributed by atoms with E-state index in [-0.39, 0.29) is 28.5 Å². The van der Waals surface area contributed by atoms with Crippen molar-refractivity contribution in [3.8, 4) is 22.8 Å². The first-order chi connectivity index (χ1) is 12.3. The summed E-state index contributed by atoms with van der Waals surface area (Å²) in [6, 6.07) is 5.85. The van der Waals surface area contributed by atoms with Gasteiger partial charge < -0.3 is 14.4 Å². The predicted molar refractivity (Wildman–Crippen MR) is 90.6 cm³/mol. The zero-order valence-corrected chi connectivity index (χ0v) is 14.3. The fourth-order valence-corrected chi connectivity index (χ4v) is 2.15. The van der Waals surface area contributed by atoms with Crippen LogP contribution in [-0.2, 0) is 0 Å². The third-order valence-corrected chi connectivity index (χ3v) is 3.26. The molecule has 0 unspecified atom stereocenters. The molecule has 1 heterocycles. The maximum Gasteiger partial charge on any atom is 0.387 e. The van der Waals surface area contributed by atoms with E-state index in [9.17, 15) is 18.4 Å². The lowest BCUT2D eigenvalue weighted by molar-refractivity contribution is -0.0494. The first-order valence-electron chi connectivity index (χ1n) is 7.45. The standard InChI is InChI=1S/C17H17F2N3O4/c1-22(2)9-8-11(23)14-15(24)16(25-3)13(20-21-14)10-6-4-5-7-12(10)26-17(18)19/h4-9,17H,1-3H3,(H,20,24). The average Bonchev–Trinajstić information content (AvgIpc) is 2.59. The Hall–Kier alpha value is -3.23. The highest BCUT2D eigenvalue weighted by Crippen LogP contribution is 2.33. The number of nitrogens with zero attached hydrogens (tertiary/aromatic N) is 2. The van der Waals surface area contributed by atoms with Crippen molar-refractivity contribution in [2.75, 3.05) is 21.2 Å². The summed E-state index contributed by atoms with van der Waals surface area (Å²) in [5, 5.41) is 6.31. The van der Waals surface area contributed by atoms with Crippen molar-refractivity contribution in [1.82, 2.24) is 15.1 Å². The van der Waals surface area contributed by atoms with Crippen LogP contribution in [0.25, 0.3) is 11.3 Å². The number of carbonyl (C=O) groups excluding carboxylic acids is 1. The molecule has 1 aromatic heterocycles. The van der Waals surface area contributed by atoms with Crippen molar-refractivity contribution in [3.63, 3.8) is 0 Å². The molecule has 9 heteroatoms. The molecule has 0 aliphatic rings. The number of ether oxygens (including phenoxy) is 2. The minimum absolute atomic E-state index is 0.0295. The highest BCUT2D eigenvalue weighted by Gasteiger charge is 2.21. The van der Waals surface area contributed by atoms with Crippen LogP contribution in [0, 0.1) is 0 Å². The van der Waals surface area contributed by atoms with Crippen LogP contribution in [0.5, 0.6) is 11.5 Å². The Morgan fingerprint density at radius 3 is 2.62 bits per heavy atom. The van der Waals surface area contributed by atoms with E-state index < -0.39 is 17.8 Å². The number of nitrogens with one attached hydrogen (secondary N) is 1. The summed E-state index contributed by atoms with van der Waals surface area (Å²) in [6.45, 7) is -3.04. The summed E-state index contributed by atoms with van der Waals surface area (Å²) in [7, 11) is 4.66. The predicted octanol–water partition coefficient (Wildman–Crippen LogP) is 2.30. The van der Waals surface area contributed by atoms with E-state index in [2.05, 4.69) is 14.9 Å². The van der Waals surface area contributed by atoms with Gasteiger partial charge in [-0.25, -0.2) is 0 Å². The van der Waals surface area contributed by atoms with Gasteiger partial charge in [0.15, 0.2) is 11.4 Å². The Labute approximate surface area is 147 Å². The first kappa shape index (κ1) is 19.1. The number of H-pyrrole nitrogens is 1. The number of alkyl halides is 2. The molecule has 2 rings (SSSR count). The molecule has 0 spiro atoms. The van der Waals surface area contributed by atoms with E-state index in [1.807, 2.05) is 0 Å². The molecule has 0 saturated heterocycles. The van der Waals surface area contributed by atoms with Crippen molar-refractivity contribution in [1.29, 1.82) is 0 Å². The van der Waals surface area contributed by atoms with Crippen LogP contribution >= 0.6 is 0 Å². The quantitative estimate of drug-likeness (QED) is 0.599. The van der Waals surface area contributed by atoms with E-state index in [1.54, 1.807) is 25.1 Å². The third-order valence-electron chi connectivity index (χ3n) is 3.26. The topological polar surface area (TPSA) is 84.5 Å². The number of ketones is 1. The number of hydrogen-bond donors (Lipinski definition) is 1. The maximum atomic E-state index is 12.6. The molecule has 0 atom stereocenters. The van der Waals surface area contributed by atoms with Gasteiger partial charge in [-0.2, -0.15) is 13.9 Å². The first-order valence-corrected chi connectivity index (χ1v) is 7.45. The summed E-state index contributed by atoms with van der Waals surface area (Å²) in [4.78, 5) is 26.3. The normalized spacial score (nSPS) is 11.0. The summed E-state index contributed by atoms with van der Waals surface area (Å²) < 4.78 is 34.8. The van der Waals surface area contributed by atoms with Crippen LogP contribution in [0.15, 0.2) is 41.3 Å². The highest BCUT2D eigenvalue weighted by atomic mass is 19.3. The number of rotatable bonds is 7. The second-order valence-electron chi connectivity index (χ2n) is 5.33. The molecule has 1 aromatic carbocycles. The Balaban J connectivity index is 2.55. The van der Waals surface area contributed by atoms with Gasteiger partial charge in [0, 0.05) is 31.9 Å². The number of benzene rings is 1. The van der Waals surface area contributed by atoms with Gasteiger partial charge >= 0.3 is 6.61 Å². The summed E-state index contributed by atoms with van der Waals surface area (Å²) in [6.07, 6.45) is 2.65. The zero-order chi connectivity index (χ0) is 19.3. The summed E-state index contributed by atoms with van der Waals surface area (Å²) in [5.41, 5.74) is -0.962. The van der Waals surface area contributed by atoms with E-state index in [4.69, 9.17) is 4.74 Å². The number of halogens is 2. The lowest BCUT2D eigenvalue weighted by Gasteiger charge is -2.13. The van der Waals surface area contributed by atoms with Gasteiger partial charge in [0.05, 0.1) is 7.11 Å². The van der Waals surface area contributed by atoms with Crippen molar-refractivity contribution in [2.45, 2.75) is 6.61 Å². The van der Waals surface area contributed by atoms with E-state index in [0.717, 1.165) is 0 Å². The van der Waals surface area contributed by atoms with Crippen molar-refractivity contribution in [3.05, 3.63) is 52.5 Å². The fourth-order valence-electron chi connectivity index (χ4n) is 2.15. The van der Waals surface area contributed by atoms with Gasteiger partial charge in [-0.15, -0.1) is 0 Å². The number of carbonyl (C=O) groups is 1. The van der Waals surface area contributed by atoms with Crippen LogP contribution in [0.1, 0.15) is 10.5 Å². The molecule has 0 aliphatic carbocycles. The molecule has 2 aromatic rings. The molecule has 0 radical (unpaired) electrons. The molecule has 138 valence electrons. The van der Waals surface area contributed by atoms with Crippen LogP contribution in [-0.4, -0.2) is 48.7 Å². The molecule has 0 aliphatic heterocycles. The Kier molecular flexibility index (Phi) is 6.05. The van der Waals surface area contributed by atoms with Crippen LogP contribution < -0.4 is 14.9 Å². The zero-order valence-electron chi connectivity index (χ0n) is 14.3. The Morgan fingerprint density at radius 2 is 2.00 bits per heavy atom.